The second kappa shape index (κ2) is 13.6. The molecule has 1 aromatic rings. The van der Waals surface area contributed by atoms with Crippen LogP contribution < -0.4 is 38.7 Å². The molecule has 1 rings (SSSR count). The summed E-state index contributed by atoms with van der Waals surface area (Å²) in [5.74, 6) is 0.667. The number of para-hydroxylation sites is 1. The Morgan fingerprint density at radius 1 is 0.893 bits per heavy atom. The SMILES string of the molecule is CN(C)C(=O)Oc1ccccc1C[N+](C)(C)CCCCCC[N+](C)(C)C.[Br-].[Br-]. The van der Waals surface area contributed by atoms with E-state index in [1.165, 1.54) is 37.1 Å². The normalized spacial score (nSPS) is 11.2. The minimum absolute atomic E-state index is 0. The minimum Gasteiger partial charge on any atom is -1.00 e. The smallest absolute Gasteiger partial charge is 0.414 e. The van der Waals surface area contributed by atoms with Gasteiger partial charge in [-0.2, -0.15) is 0 Å². The fraction of sp³-hybridized carbons (Fsp3) is 0.667. The average Bonchev–Trinajstić information content (AvgIpc) is 2.51. The summed E-state index contributed by atoms with van der Waals surface area (Å²) < 4.78 is 7.46. The summed E-state index contributed by atoms with van der Waals surface area (Å²) in [7, 11) is 14.6. The Bertz CT molecular complexity index is 573. The van der Waals surface area contributed by atoms with E-state index in [0.29, 0.717) is 5.75 Å². The lowest BCUT2D eigenvalue weighted by molar-refractivity contribution is -0.903. The Morgan fingerprint density at radius 2 is 1.43 bits per heavy atom. The van der Waals surface area contributed by atoms with E-state index in [-0.39, 0.29) is 40.1 Å². The van der Waals surface area contributed by atoms with Gasteiger partial charge in [-0.05, 0) is 37.8 Å². The Balaban J connectivity index is 0. The van der Waals surface area contributed by atoms with Crippen LogP contribution in [-0.2, 0) is 6.54 Å². The topological polar surface area (TPSA) is 29.5 Å². The molecule has 7 heteroatoms. The first-order valence-electron chi connectivity index (χ1n) is 9.60. The van der Waals surface area contributed by atoms with Crippen molar-refractivity contribution in [2.45, 2.75) is 32.2 Å². The molecule has 5 nitrogen and oxygen atoms in total. The van der Waals surface area contributed by atoms with Gasteiger partial charge in [0.1, 0.15) is 12.3 Å². The standard InChI is InChI=1S/C21H39N3O2.2BrH/c1-22(2)21(25)26-20-15-11-10-14-19(20)18-24(6,7)17-13-9-8-12-16-23(3,4)5;;/h10-11,14-15H,8-9,12-13,16-18H2,1-7H3;2*1H/q+2;;/p-2. The fourth-order valence-corrected chi connectivity index (χ4v) is 2.94. The third-order valence-electron chi connectivity index (χ3n) is 4.48. The van der Waals surface area contributed by atoms with Crippen LogP contribution in [0.4, 0.5) is 4.79 Å². The van der Waals surface area contributed by atoms with Crippen molar-refractivity contribution in [3.63, 3.8) is 0 Å². The molecule has 0 aliphatic rings. The molecule has 0 atom stereocenters. The highest BCUT2D eigenvalue weighted by molar-refractivity contribution is 5.70. The fourth-order valence-electron chi connectivity index (χ4n) is 2.94. The first-order chi connectivity index (χ1) is 12.0. The number of unbranched alkanes of at least 4 members (excludes halogenated alkanes) is 3. The number of quaternary nitrogens is 2. The summed E-state index contributed by atoms with van der Waals surface area (Å²) in [5, 5.41) is 0. The number of ether oxygens (including phenoxy) is 1. The highest BCUT2D eigenvalue weighted by Crippen LogP contribution is 2.22. The lowest BCUT2D eigenvalue weighted by Crippen LogP contribution is -3.00. The number of hydrogen-bond donors (Lipinski definition) is 0. The van der Waals surface area contributed by atoms with Gasteiger partial charge in [-0.3, -0.25) is 0 Å². The molecule has 0 unspecified atom stereocenters. The molecular weight excluding hydrogens is 486 g/mol. The highest BCUT2D eigenvalue weighted by atomic mass is 79.9. The predicted molar refractivity (Wildman–Crippen MR) is 108 cm³/mol. The van der Waals surface area contributed by atoms with Gasteiger partial charge in [0.15, 0.2) is 0 Å². The Labute approximate surface area is 193 Å². The van der Waals surface area contributed by atoms with Crippen molar-refractivity contribution >= 4 is 6.09 Å². The van der Waals surface area contributed by atoms with Crippen molar-refractivity contribution in [2.75, 3.05) is 62.4 Å². The number of rotatable bonds is 10. The van der Waals surface area contributed by atoms with Crippen molar-refractivity contribution in [1.29, 1.82) is 0 Å². The molecule has 0 saturated carbocycles. The Hall–Kier alpha value is -0.630. The molecule has 0 radical (unpaired) electrons. The molecule has 0 aliphatic heterocycles. The number of halogens is 2. The van der Waals surface area contributed by atoms with Gasteiger partial charge >= 0.3 is 6.09 Å². The number of carbonyl (C=O) groups excluding carboxylic acids is 1. The molecule has 0 aliphatic carbocycles. The van der Waals surface area contributed by atoms with E-state index in [1.807, 2.05) is 18.2 Å². The molecule has 0 saturated heterocycles. The van der Waals surface area contributed by atoms with Crippen LogP contribution in [0.2, 0.25) is 0 Å². The number of carbonyl (C=O) groups is 1. The van der Waals surface area contributed by atoms with Gasteiger partial charge in [0.05, 0.1) is 48.3 Å². The number of nitrogens with zero attached hydrogens (tertiary/aromatic N) is 3. The highest BCUT2D eigenvalue weighted by Gasteiger charge is 2.19. The van der Waals surface area contributed by atoms with Crippen molar-refractivity contribution in [1.82, 2.24) is 4.90 Å². The van der Waals surface area contributed by atoms with Crippen LogP contribution in [0, 0.1) is 0 Å². The average molecular weight is 525 g/mol. The molecule has 164 valence electrons. The summed E-state index contributed by atoms with van der Waals surface area (Å²) in [4.78, 5) is 13.3. The van der Waals surface area contributed by atoms with Crippen LogP contribution in [0.3, 0.4) is 0 Å². The van der Waals surface area contributed by atoms with Crippen LogP contribution in [-0.4, -0.2) is 82.4 Å². The molecule has 0 aromatic heterocycles. The van der Waals surface area contributed by atoms with Gasteiger partial charge in [-0.15, -0.1) is 0 Å². The van der Waals surface area contributed by atoms with E-state index < -0.39 is 0 Å². The lowest BCUT2D eigenvalue weighted by atomic mass is 10.1. The van der Waals surface area contributed by atoms with Crippen LogP contribution in [0.15, 0.2) is 24.3 Å². The van der Waals surface area contributed by atoms with Gasteiger partial charge < -0.3 is 52.6 Å². The molecular formula is C21H39Br2N3O2. The van der Waals surface area contributed by atoms with Crippen molar-refractivity contribution < 1.29 is 52.5 Å². The third kappa shape index (κ3) is 12.8. The monoisotopic (exact) mass is 523 g/mol. The zero-order valence-electron chi connectivity index (χ0n) is 18.7. The maximum absolute atomic E-state index is 11.9. The number of hydrogen-bond acceptors (Lipinski definition) is 2. The maximum atomic E-state index is 11.9. The quantitative estimate of drug-likeness (QED) is 0.252. The van der Waals surface area contributed by atoms with E-state index in [2.05, 4.69) is 41.3 Å². The summed E-state index contributed by atoms with van der Waals surface area (Å²) in [6.07, 6.45) is 4.76. The predicted octanol–water partition coefficient (Wildman–Crippen LogP) is -2.40. The van der Waals surface area contributed by atoms with Gasteiger partial charge in [0, 0.05) is 19.7 Å². The molecule has 0 spiro atoms. The van der Waals surface area contributed by atoms with Gasteiger partial charge in [0.25, 0.3) is 0 Å². The van der Waals surface area contributed by atoms with Crippen LogP contribution >= 0.6 is 0 Å². The second-order valence-corrected chi connectivity index (χ2v) is 9.12. The van der Waals surface area contributed by atoms with E-state index in [9.17, 15) is 4.79 Å². The summed E-state index contributed by atoms with van der Waals surface area (Å²) in [6, 6.07) is 7.85. The zero-order valence-corrected chi connectivity index (χ0v) is 21.8. The van der Waals surface area contributed by atoms with E-state index >= 15 is 0 Å². The summed E-state index contributed by atoms with van der Waals surface area (Å²) in [5.41, 5.74) is 1.08. The van der Waals surface area contributed by atoms with Gasteiger partial charge in [-0.1, -0.05) is 12.1 Å². The molecule has 1 amide bonds. The molecule has 0 N–H and O–H groups in total. The largest absolute Gasteiger partial charge is 1.00 e. The van der Waals surface area contributed by atoms with E-state index in [0.717, 1.165) is 27.6 Å². The van der Waals surface area contributed by atoms with Crippen molar-refractivity contribution in [2.24, 2.45) is 0 Å². The van der Waals surface area contributed by atoms with Crippen LogP contribution in [0.5, 0.6) is 5.75 Å². The van der Waals surface area contributed by atoms with Gasteiger partial charge in [-0.25, -0.2) is 4.79 Å². The van der Waals surface area contributed by atoms with E-state index in [1.54, 1.807) is 14.1 Å². The minimum atomic E-state index is -0.333. The Morgan fingerprint density at radius 3 is 1.96 bits per heavy atom. The first-order valence-corrected chi connectivity index (χ1v) is 9.60. The van der Waals surface area contributed by atoms with Crippen molar-refractivity contribution in [3.05, 3.63) is 29.8 Å². The molecule has 0 bridgehead atoms. The van der Waals surface area contributed by atoms with Gasteiger partial charge in [0.2, 0.25) is 0 Å². The summed E-state index contributed by atoms with van der Waals surface area (Å²) in [6.45, 7) is 3.22. The zero-order chi connectivity index (χ0) is 19.8. The molecule has 1 aromatic carbocycles. The molecule has 28 heavy (non-hydrogen) atoms. The lowest BCUT2D eigenvalue weighted by Gasteiger charge is -2.30. The van der Waals surface area contributed by atoms with Crippen LogP contribution in [0.1, 0.15) is 31.2 Å². The summed E-state index contributed by atoms with van der Waals surface area (Å²) >= 11 is 0. The number of amides is 1. The third-order valence-corrected chi connectivity index (χ3v) is 4.48. The maximum Gasteiger partial charge on any atom is 0.414 e. The van der Waals surface area contributed by atoms with Crippen molar-refractivity contribution in [3.8, 4) is 5.75 Å². The Kier molecular flexibility index (Phi) is 14.3. The van der Waals surface area contributed by atoms with E-state index in [4.69, 9.17) is 4.74 Å². The first kappa shape index (κ1) is 29.6. The molecule has 0 fully saturated rings. The van der Waals surface area contributed by atoms with Crippen LogP contribution in [0.25, 0.3) is 0 Å². The second-order valence-electron chi connectivity index (χ2n) is 9.12. The number of benzene rings is 1. The molecule has 0 heterocycles.